The molecular formula is C19H22N4O4S. The zero-order chi connectivity index (χ0) is 19.9. The Morgan fingerprint density at radius 1 is 1.07 bits per heavy atom. The molecule has 2 aromatic rings. The second kappa shape index (κ2) is 7.05. The number of aryl methyl sites for hydroxylation is 1. The monoisotopic (exact) mass is 402 g/mol. The topological polar surface area (TPSA) is 110 Å². The molecule has 2 aliphatic rings. The molecule has 1 aromatic carbocycles. The molecule has 0 bridgehead atoms. The van der Waals surface area contributed by atoms with Gasteiger partial charge in [-0.3, -0.25) is 9.59 Å². The molecule has 9 heteroatoms. The van der Waals surface area contributed by atoms with Crippen LogP contribution in [0.25, 0.3) is 5.69 Å². The van der Waals surface area contributed by atoms with Crippen molar-refractivity contribution in [3.8, 4) is 5.69 Å². The summed E-state index contributed by atoms with van der Waals surface area (Å²) in [4.78, 5) is 24.8. The number of carbonyl (C=O) groups is 2. The van der Waals surface area contributed by atoms with Crippen molar-refractivity contribution >= 4 is 27.5 Å². The Labute approximate surface area is 163 Å². The number of aromatic nitrogens is 2. The fourth-order valence-electron chi connectivity index (χ4n) is 3.73. The lowest BCUT2D eigenvalue weighted by Gasteiger charge is -2.13. The Balaban J connectivity index is 1.63. The minimum absolute atomic E-state index is 0.0198. The minimum Gasteiger partial charge on any atom is -0.345 e. The summed E-state index contributed by atoms with van der Waals surface area (Å²) in [5, 5.41) is 9.74. The van der Waals surface area contributed by atoms with Crippen LogP contribution in [0.2, 0.25) is 0 Å². The summed E-state index contributed by atoms with van der Waals surface area (Å²) < 4.78 is 25.5. The van der Waals surface area contributed by atoms with Crippen LogP contribution >= 0.6 is 0 Å². The van der Waals surface area contributed by atoms with Crippen LogP contribution in [-0.2, 0) is 30.9 Å². The number of anilines is 1. The molecular weight excluding hydrogens is 380 g/mol. The molecule has 2 heterocycles. The summed E-state index contributed by atoms with van der Waals surface area (Å²) >= 11 is 0. The van der Waals surface area contributed by atoms with E-state index in [4.69, 9.17) is 0 Å². The Morgan fingerprint density at radius 2 is 1.75 bits per heavy atom. The first kappa shape index (κ1) is 18.7. The Kier molecular flexibility index (Phi) is 4.70. The number of nitrogens with zero attached hydrogens (tertiary/aromatic N) is 2. The highest BCUT2D eigenvalue weighted by Crippen LogP contribution is 2.33. The van der Waals surface area contributed by atoms with Crippen LogP contribution in [0.15, 0.2) is 24.3 Å². The predicted octanol–water partition coefficient (Wildman–Crippen LogP) is 1.61. The molecule has 2 N–H and O–H groups in total. The Morgan fingerprint density at radius 3 is 2.43 bits per heavy atom. The van der Waals surface area contributed by atoms with Crippen LogP contribution in [0.4, 0.5) is 5.82 Å². The Bertz CT molecular complexity index is 1030. The van der Waals surface area contributed by atoms with Gasteiger partial charge in [0.15, 0.2) is 9.84 Å². The fourth-order valence-corrected chi connectivity index (χ4v) is 5.22. The Hall–Kier alpha value is -2.68. The quantitative estimate of drug-likeness (QED) is 0.758. The number of sulfone groups is 1. The number of nitrogens with one attached hydrogen (secondary N) is 2. The van der Waals surface area contributed by atoms with E-state index in [1.165, 1.54) is 4.68 Å². The first-order valence-corrected chi connectivity index (χ1v) is 11.1. The lowest BCUT2D eigenvalue weighted by atomic mass is 10.2. The molecule has 1 aliphatic heterocycles. The van der Waals surface area contributed by atoms with E-state index >= 15 is 0 Å². The third-order valence-corrected chi connectivity index (χ3v) is 6.64. The highest BCUT2D eigenvalue weighted by atomic mass is 32.2. The number of carbonyl (C=O) groups excluding carboxylic acids is 2. The van der Waals surface area contributed by atoms with Crippen LogP contribution in [0.3, 0.4) is 0 Å². The van der Waals surface area contributed by atoms with Gasteiger partial charge in [0.2, 0.25) is 0 Å². The molecule has 0 atom stereocenters. The number of amides is 2. The molecule has 1 fully saturated rings. The highest BCUT2D eigenvalue weighted by molar-refractivity contribution is 7.90. The lowest BCUT2D eigenvalue weighted by molar-refractivity contribution is -0.136. The van der Waals surface area contributed by atoms with Crippen LogP contribution < -0.4 is 10.6 Å². The second-order valence-electron chi connectivity index (χ2n) is 7.46. The summed E-state index contributed by atoms with van der Waals surface area (Å²) in [5.41, 5.74) is 2.60. The standard InChI is InChI=1S/C19H22N4O4S/c1-12-6-8-14(9-7-12)23-17(15-10-28(26,27)11-16(15)22-23)21-19(25)18(24)20-13-4-2-3-5-13/h6-9,13H,2-5,10-11H2,1H3,(H,20,24)(H,21,25). The summed E-state index contributed by atoms with van der Waals surface area (Å²) in [5.74, 6) is -1.65. The van der Waals surface area contributed by atoms with Gasteiger partial charge in [0.1, 0.15) is 5.82 Å². The van der Waals surface area contributed by atoms with Crippen molar-refractivity contribution in [2.45, 2.75) is 50.2 Å². The summed E-state index contributed by atoms with van der Waals surface area (Å²) in [6.45, 7) is 1.95. The van der Waals surface area contributed by atoms with Crippen molar-refractivity contribution in [1.29, 1.82) is 0 Å². The SMILES string of the molecule is Cc1ccc(-n2nc3c(c2NC(=O)C(=O)NC2CCCC2)CS(=O)(=O)C3)cc1. The van der Waals surface area contributed by atoms with E-state index in [0.29, 0.717) is 16.9 Å². The van der Waals surface area contributed by atoms with Gasteiger partial charge >= 0.3 is 11.8 Å². The number of hydrogen-bond acceptors (Lipinski definition) is 5. The molecule has 1 saturated carbocycles. The van der Waals surface area contributed by atoms with E-state index in [1.807, 2.05) is 31.2 Å². The van der Waals surface area contributed by atoms with Crippen molar-refractivity contribution in [1.82, 2.24) is 15.1 Å². The molecule has 1 aliphatic carbocycles. The average Bonchev–Trinajstić information content (AvgIpc) is 3.32. The molecule has 1 aromatic heterocycles. The molecule has 2 amide bonds. The molecule has 0 unspecified atom stereocenters. The van der Waals surface area contributed by atoms with Gasteiger partial charge in [-0.2, -0.15) is 5.10 Å². The number of hydrogen-bond donors (Lipinski definition) is 2. The normalized spacial score (nSPS) is 18.0. The van der Waals surface area contributed by atoms with Gasteiger partial charge < -0.3 is 10.6 Å². The van der Waals surface area contributed by atoms with E-state index in [2.05, 4.69) is 15.7 Å². The highest BCUT2D eigenvalue weighted by Gasteiger charge is 2.34. The zero-order valence-corrected chi connectivity index (χ0v) is 16.4. The smallest absolute Gasteiger partial charge is 0.314 e. The van der Waals surface area contributed by atoms with Gasteiger partial charge in [-0.25, -0.2) is 13.1 Å². The van der Waals surface area contributed by atoms with Gasteiger partial charge in [-0.15, -0.1) is 0 Å². The first-order valence-electron chi connectivity index (χ1n) is 9.32. The van der Waals surface area contributed by atoms with E-state index in [0.717, 1.165) is 31.2 Å². The lowest BCUT2D eigenvalue weighted by Crippen LogP contribution is -2.41. The average molecular weight is 402 g/mol. The van der Waals surface area contributed by atoms with Gasteiger partial charge in [0.05, 0.1) is 22.9 Å². The van der Waals surface area contributed by atoms with Gasteiger partial charge in [0.25, 0.3) is 0 Å². The number of fused-ring (bicyclic) bond motifs is 1. The van der Waals surface area contributed by atoms with E-state index in [-0.39, 0.29) is 23.4 Å². The van der Waals surface area contributed by atoms with Gasteiger partial charge in [-0.05, 0) is 31.9 Å². The van der Waals surface area contributed by atoms with Crippen molar-refractivity contribution < 1.29 is 18.0 Å². The van der Waals surface area contributed by atoms with Crippen LogP contribution in [0.1, 0.15) is 42.5 Å². The third-order valence-electron chi connectivity index (χ3n) is 5.19. The van der Waals surface area contributed by atoms with Crippen molar-refractivity contribution in [3.05, 3.63) is 41.1 Å². The van der Waals surface area contributed by atoms with E-state index in [9.17, 15) is 18.0 Å². The van der Waals surface area contributed by atoms with Crippen molar-refractivity contribution in [3.63, 3.8) is 0 Å². The van der Waals surface area contributed by atoms with Crippen LogP contribution in [0, 0.1) is 6.92 Å². The summed E-state index contributed by atoms with van der Waals surface area (Å²) in [6, 6.07) is 7.49. The summed E-state index contributed by atoms with van der Waals surface area (Å²) in [6.07, 6.45) is 3.82. The zero-order valence-electron chi connectivity index (χ0n) is 15.6. The fraction of sp³-hybridized carbons (Fsp3) is 0.421. The third kappa shape index (κ3) is 3.66. The maximum atomic E-state index is 12.5. The minimum atomic E-state index is -3.29. The maximum absolute atomic E-state index is 12.5. The number of rotatable bonds is 3. The first-order chi connectivity index (χ1) is 13.3. The predicted molar refractivity (Wildman–Crippen MR) is 104 cm³/mol. The molecule has 4 rings (SSSR count). The number of benzene rings is 1. The van der Waals surface area contributed by atoms with E-state index < -0.39 is 21.7 Å². The second-order valence-corrected chi connectivity index (χ2v) is 9.53. The van der Waals surface area contributed by atoms with Crippen LogP contribution in [-0.4, -0.2) is 36.1 Å². The van der Waals surface area contributed by atoms with E-state index in [1.54, 1.807) is 0 Å². The van der Waals surface area contributed by atoms with Crippen molar-refractivity contribution in [2.75, 3.05) is 5.32 Å². The molecule has 28 heavy (non-hydrogen) atoms. The molecule has 0 saturated heterocycles. The van der Waals surface area contributed by atoms with Gasteiger partial charge in [-0.1, -0.05) is 30.5 Å². The molecule has 8 nitrogen and oxygen atoms in total. The summed E-state index contributed by atoms with van der Waals surface area (Å²) in [7, 11) is -3.29. The molecule has 0 radical (unpaired) electrons. The van der Waals surface area contributed by atoms with Crippen molar-refractivity contribution in [2.24, 2.45) is 0 Å². The van der Waals surface area contributed by atoms with Crippen LogP contribution in [0.5, 0.6) is 0 Å². The molecule has 148 valence electrons. The van der Waals surface area contributed by atoms with Gasteiger partial charge in [0, 0.05) is 11.6 Å². The molecule has 0 spiro atoms. The maximum Gasteiger partial charge on any atom is 0.314 e. The largest absolute Gasteiger partial charge is 0.345 e.